The molecule has 0 saturated heterocycles. The molecular weight excluding hydrogens is 751 g/mol. The number of rotatable bonds is 16. The Morgan fingerprint density at radius 3 is 0.979 bits per heavy atom. The van der Waals surface area contributed by atoms with Crippen LogP contribution in [0.3, 0.4) is 0 Å². The van der Waals surface area contributed by atoms with Crippen molar-refractivity contribution in [1.29, 1.82) is 0 Å². The third-order valence-electron chi connectivity index (χ3n) is 5.12. The third kappa shape index (κ3) is 26.8. The number of nitrogens with zero attached hydrogens (tertiary/aromatic N) is 4. The van der Waals surface area contributed by atoms with Crippen molar-refractivity contribution in [1.82, 2.24) is 9.80 Å². The number of carboxylic acid groups (broad SMARTS) is 2. The van der Waals surface area contributed by atoms with Crippen LogP contribution in [0.1, 0.15) is 20.7 Å². The minimum Gasteiger partial charge on any atom is -0.854 e. The largest absolute Gasteiger partial charge is 2.00 e. The Morgan fingerprint density at radius 2 is 0.812 bits per heavy atom. The topological polar surface area (TPSA) is 363 Å². The summed E-state index contributed by atoms with van der Waals surface area (Å²) in [5.74, 6) is -3.08. The van der Waals surface area contributed by atoms with Gasteiger partial charge >= 0.3 is 34.1 Å². The Labute approximate surface area is 296 Å². The van der Waals surface area contributed by atoms with Crippen LogP contribution in [-0.4, -0.2) is 142 Å². The molecule has 48 heavy (non-hydrogen) atoms. The van der Waals surface area contributed by atoms with Crippen LogP contribution in [-0.2, 0) is 34.1 Å². The van der Waals surface area contributed by atoms with E-state index in [-0.39, 0.29) is 84.7 Å². The Kier molecular flexibility index (Phi) is 43.6. The molecule has 20 nitrogen and oxygen atoms in total. The van der Waals surface area contributed by atoms with Crippen molar-refractivity contribution in [3.05, 3.63) is 79.9 Å². The second-order valence-corrected chi connectivity index (χ2v) is 8.11. The number of benzene rings is 2. The van der Waals surface area contributed by atoms with Crippen molar-refractivity contribution in [2.24, 2.45) is 0 Å². The molecule has 0 saturated carbocycles. The van der Waals surface area contributed by atoms with E-state index in [9.17, 15) is 50.2 Å². The first-order chi connectivity index (χ1) is 20.9. The number of carbonyl (C=O) groups is 2. The van der Waals surface area contributed by atoms with Crippen LogP contribution < -0.4 is 20.4 Å². The summed E-state index contributed by atoms with van der Waals surface area (Å²) in [6.07, 6.45) is 0. The number of nitro groups is 2. The fourth-order valence-electron chi connectivity index (χ4n) is 3.11. The van der Waals surface area contributed by atoms with Gasteiger partial charge in [0, 0.05) is 38.3 Å². The van der Waals surface area contributed by atoms with Crippen LogP contribution in [0.25, 0.3) is 0 Å². The summed E-state index contributed by atoms with van der Waals surface area (Å²) in [7, 11) is 0. The minimum atomic E-state index is -1.54. The van der Waals surface area contributed by atoms with Crippen LogP contribution in [0.15, 0.2) is 48.5 Å². The first-order valence-corrected chi connectivity index (χ1v) is 12.9. The average molecular weight is 792 g/mol. The number of hydrogen-bond acceptors (Lipinski definition) is 16. The smallest absolute Gasteiger partial charge is 0.854 e. The Hall–Kier alpha value is -3.18. The van der Waals surface area contributed by atoms with Gasteiger partial charge in [0.15, 0.2) is 0 Å². The van der Waals surface area contributed by atoms with Gasteiger partial charge in [0.25, 0.3) is 11.4 Å². The molecule has 0 fully saturated rings. The van der Waals surface area contributed by atoms with Gasteiger partial charge < -0.3 is 71.2 Å². The predicted octanol–water partition coefficient (Wildman–Crippen LogP) is -6.47. The summed E-state index contributed by atoms with van der Waals surface area (Å²) in [6.45, 7) is 2.51. The van der Waals surface area contributed by atoms with Crippen LogP contribution in [0.2, 0.25) is 0 Å². The second kappa shape index (κ2) is 36.7. The number of nitro benzene ring substituents is 2. The van der Waals surface area contributed by atoms with E-state index in [0.29, 0.717) is 39.3 Å². The van der Waals surface area contributed by atoms with E-state index in [4.69, 9.17) is 20.4 Å². The van der Waals surface area contributed by atoms with Crippen LogP contribution in [0, 0.1) is 20.2 Å². The van der Waals surface area contributed by atoms with E-state index in [1.165, 1.54) is 24.3 Å². The van der Waals surface area contributed by atoms with Gasteiger partial charge in [-0.15, -0.1) is 13.2 Å². The standard InChI is InChI=1S/2C7H5NO4.2C6H14NO3.2Cu.2H2O/c2*9-7(10)5-3-1-2-4-6(5)8(11)12;2*8-4-1-7(2-5-9)3-6-10;;;;/h2*1-4H,(H,9,10);2*8-9H,1-6H2;;;2*1H2/q;;2*-1;2*+2;;/p-2. The summed E-state index contributed by atoms with van der Waals surface area (Å²) in [5, 5.41) is 95.1. The Bertz CT molecular complexity index is 941. The van der Waals surface area contributed by atoms with Crippen molar-refractivity contribution in [3.63, 3.8) is 0 Å². The molecule has 0 amide bonds. The summed E-state index contributed by atoms with van der Waals surface area (Å²) in [5.41, 5.74) is -1.69. The van der Waals surface area contributed by atoms with E-state index in [2.05, 4.69) is 0 Å². The zero-order valence-electron chi connectivity index (χ0n) is 25.4. The molecule has 0 aliphatic heterocycles. The van der Waals surface area contributed by atoms with E-state index in [1.807, 2.05) is 0 Å². The molecule has 0 spiro atoms. The summed E-state index contributed by atoms with van der Waals surface area (Å²) in [6, 6.07) is 10.1. The number of hydrogen-bond donors (Lipinski definition) is 4. The summed E-state index contributed by atoms with van der Waals surface area (Å²) < 4.78 is 0. The molecule has 0 bridgehead atoms. The molecule has 0 heterocycles. The second-order valence-electron chi connectivity index (χ2n) is 8.11. The van der Waals surface area contributed by atoms with E-state index < -0.39 is 44.3 Å². The molecule has 2 aromatic rings. The van der Waals surface area contributed by atoms with E-state index in [0.717, 1.165) is 24.3 Å². The Balaban J connectivity index is -0.000000120. The number of para-hydroxylation sites is 2. The molecule has 282 valence electrons. The number of carboxylic acids is 2. The monoisotopic (exact) mass is 790 g/mol. The summed E-state index contributed by atoms with van der Waals surface area (Å²) >= 11 is 0. The molecule has 2 aromatic carbocycles. The van der Waals surface area contributed by atoms with Crippen LogP contribution in [0.4, 0.5) is 11.4 Å². The molecule has 0 atom stereocenters. The van der Waals surface area contributed by atoms with Gasteiger partial charge in [-0.3, -0.25) is 20.2 Å². The molecule has 0 aromatic heterocycles. The number of aromatic carboxylic acids is 2. The maximum atomic E-state index is 10.3. The fraction of sp³-hybridized carbons (Fsp3) is 0.462. The minimum absolute atomic E-state index is 0. The molecule has 22 heteroatoms. The van der Waals surface area contributed by atoms with Gasteiger partial charge in [0.2, 0.25) is 0 Å². The Morgan fingerprint density at radius 1 is 0.562 bits per heavy atom. The van der Waals surface area contributed by atoms with Gasteiger partial charge in [0.1, 0.15) is 0 Å². The van der Waals surface area contributed by atoms with Crippen molar-refractivity contribution >= 4 is 23.3 Å². The first kappa shape index (κ1) is 57.1. The van der Waals surface area contributed by atoms with Gasteiger partial charge in [-0.1, -0.05) is 24.3 Å². The molecule has 2 radical (unpaired) electrons. The van der Waals surface area contributed by atoms with Crippen molar-refractivity contribution < 1.29 is 105 Å². The molecular formula is C26H40Cu2N4O16. The SMILES string of the molecule is O.O.O=C([O-])c1ccccc1[N+](=O)[O-].O=C([O-])c1ccccc1[N+](=O)[O-].[Cu+2].[Cu+2].[O-]CCN(CCO)CCO.[O-]CCN(CCO)CCO. The summed E-state index contributed by atoms with van der Waals surface area (Å²) in [4.78, 5) is 43.0. The van der Waals surface area contributed by atoms with Crippen molar-refractivity contribution in [3.8, 4) is 0 Å². The maximum Gasteiger partial charge on any atom is 2.00 e. The van der Waals surface area contributed by atoms with Crippen LogP contribution >= 0.6 is 0 Å². The van der Waals surface area contributed by atoms with Crippen molar-refractivity contribution in [2.75, 3.05) is 78.9 Å². The average Bonchev–Trinajstić information content (AvgIpc) is 2.99. The maximum absolute atomic E-state index is 10.3. The van der Waals surface area contributed by atoms with E-state index >= 15 is 0 Å². The van der Waals surface area contributed by atoms with Gasteiger partial charge in [-0.2, -0.15) is 0 Å². The first-order valence-electron chi connectivity index (χ1n) is 12.9. The normalized spacial score (nSPS) is 9.17. The number of aliphatic hydroxyl groups is 4. The van der Waals surface area contributed by atoms with Gasteiger partial charge in [0.05, 0.1) is 59.3 Å². The fourth-order valence-corrected chi connectivity index (χ4v) is 3.11. The number of aliphatic hydroxyl groups excluding tert-OH is 4. The van der Waals surface area contributed by atoms with Crippen molar-refractivity contribution in [2.45, 2.75) is 0 Å². The van der Waals surface area contributed by atoms with Gasteiger partial charge in [-0.25, -0.2) is 0 Å². The quantitative estimate of drug-likeness (QED) is 0.0697. The zero-order chi connectivity index (χ0) is 33.9. The molecule has 0 unspecified atom stereocenters. The molecule has 2 rings (SSSR count). The molecule has 0 aliphatic carbocycles. The predicted molar refractivity (Wildman–Crippen MR) is 153 cm³/mol. The zero-order valence-corrected chi connectivity index (χ0v) is 27.3. The molecule has 0 aliphatic rings. The van der Waals surface area contributed by atoms with Crippen LogP contribution in [0.5, 0.6) is 0 Å². The third-order valence-corrected chi connectivity index (χ3v) is 5.12. The number of carbonyl (C=O) groups excluding carboxylic acids is 2. The molecule has 8 N–H and O–H groups in total. The van der Waals surface area contributed by atoms with Gasteiger partial charge in [-0.05, 0) is 25.2 Å². The van der Waals surface area contributed by atoms with E-state index in [1.54, 1.807) is 9.80 Å².